The summed E-state index contributed by atoms with van der Waals surface area (Å²) in [5.74, 6) is 0.0991. The van der Waals surface area contributed by atoms with Crippen LogP contribution in [-0.2, 0) is 33.7 Å². The van der Waals surface area contributed by atoms with Crippen LogP contribution in [0.2, 0.25) is 0 Å². The van der Waals surface area contributed by atoms with Gasteiger partial charge in [-0.15, -0.1) is 0 Å². The molecular formula is C21H24N4O3. The zero-order chi connectivity index (χ0) is 19.5. The summed E-state index contributed by atoms with van der Waals surface area (Å²) in [6.07, 6.45) is 3.52. The Labute approximate surface area is 163 Å². The zero-order valence-electron chi connectivity index (χ0n) is 15.9. The van der Waals surface area contributed by atoms with Gasteiger partial charge in [0.05, 0.1) is 12.6 Å². The number of rotatable bonds is 4. The van der Waals surface area contributed by atoms with E-state index in [0.717, 1.165) is 36.2 Å². The van der Waals surface area contributed by atoms with E-state index in [9.17, 15) is 9.59 Å². The second-order valence-corrected chi connectivity index (χ2v) is 7.26. The number of carbonyl (C=O) groups is 2. The van der Waals surface area contributed by atoms with Gasteiger partial charge in [0.25, 0.3) is 5.91 Å². The van der Waals surface area contributed by atoms with Gasteiger partial charge in [0.15, 0.2) is 6.10 Å². The Balaban J connectivity index is 1.47. The maximum atomic E-state index is 12.8. The fraction of sp³-hybridized carbons (Fsp3) is 0.429. The van der Waals surface area contributed by atoms with Crippen molar-refractivity contribution in [3.05, 3.63) is 58.7 Å². The SMILES string of the molecule is Cc1nc(CNC(=O)[C@H]2OCC(=O)N[C@@H]2c2ccccc2)nc2c1CCCC2. The Bertz CT molecular complexity index is 885. The Hall–Kier alpha value is -2.80. The number of ether oxygens (including phenoxy) is 1. The van der Waals surface area contributed by atoms with Crippen LogP contribution < -0.4 is 10.6 Å². The van der Waals surface area contributed by atoms with Crippen molar-refractivity contribution < 1.29 is 14.3 Å². The predicted molar refractivity (Wildman–Crippen MR) is 102 cm³/mol. The van der Waals surface area contributed by atoms with E-state index >= 15 is 0 Å². The van der Waals surface area contributed by atoms with Crippen LogP contribution in [0.3, 0.4) is 0 Å². The number of aromatic nitrogens is 2. The van der Waals surface area contributed by atoms with Crippen molar-refractivity contribution in [2.45, 2.75) is 51.3 Å². The highest BCUT2D eigenvalue weighted by molar-refractivity contribution is 5.86. The van der Waals surface area contributed by atoms with E-state index in [4.69, 9.17) is 4.74 Å². The highest BCUT2D eigenvalue weighted by Crippen LogP contribution is 2.23. The first-order valence-electron chi connectivity index (χ1n) is 9.70. The Morgan fingerprint density at radius 1 is 1.21 bits per heavy atom. The summed E-state index contributed by atoms with van der Waals surface area (Å²) in [4.78, 5) is 33.8. The molecular weight excluding hydrogens is 356 g/mol. The second-order valence-electron chi connectivity index (χ2n) is 7.26. The number of hydrogen-bond donors (Lipinski definition) is 2. The number of nitrogens with zero attached hydrogens (tertiary/aromatic N) is 2. The molecule has 2 atom stereocenters. The standard InChI is InChI=1S/C21H24N4O3/c1-13-15-9-5-6-10-16(15)24-17(23-13)11-22-21(27)20-19(25-18(26)12-28-20)14-7-3-2-4-8-14/h2-4,7-8,19-20H,5-6,9-12H2,1H3,(H,22,27)(H,25,26)/t19-,20+/m1/s1. The van der Waals surface area contributed by atoms with Crippen molar-refractivity contribution in [3.63, 3.8) is 0 Å². The van der Waals surface area contributed by atoms with Gasteiger partial charge in [-0.1, -0.05) is 30.3 Å². The van der Waals surface area contributed by atoms with Gasteiger partial charge in [-0.05, 0) is 43.7 Å². The summed E-state index contributed by atoms with van der Waals surface area (Å²) < 4.78 is 5.56. The van der Waals surface area contributed by atoms with E-state index in [1.165, 1.54) is 12.0 Å². The molecule has 7 nitrogen and oxygen atoms in total. The maximum Gasteiger partial charge on any atom is 0.252 e. The molecule has 1 fully saturated rings. The topological polar surface area (TPSA) is 93.2 Å². The Morgan fingerprint density at radius 3 is 2.82 bits per heavy atom. The minimum absolute atomic E-state index is 0.129. The van der Waals surface area contributed by atoms with Crippen molar-refractivity contribution in [1.82, 2.24) is 20.6 Å². The number of morpholine rings is 1. The Morgan fingerprint density at radius 2 is 2.00 bits per heavy atom. The van der Waals surface area contributed by atoms with Crippen LogP contribution in [0.15, 0.2) is 30.3 Å². The first-order valence-corrected chi connectivity index (χ1v) is 9.70. The second kappa shape index (κ2) is 8.06. The van der Waals surface area contributed by atoms with Crippen LogP contribution >= 0.6 is 0 Å². The van der Waals surface area contributed by atoms with Crippen molar-refractivity contribution in [2.24, 2.45) is 0 Å². The molecule has 2 N–H and O–H groups in total. The first kappa shape index (κ1) is 18.6. The van der Waals surface area contributed by atoms with Gasteiger partial charge < -0.3 is 15.4 Å². The molecule has 1 saturated heterocycles. The van der Waals surface area contributed by atoms with Gasteiger partial charge in [-0.25, -0.2) is 9.97 Å². The number of hydrogen-bond acceptors (Lipinski definition) is 5. The number of benzene rings is 1. The summed E-state index contributed by atoms with van der Waals surface area (Å²) in [6, 6.07) is 8.85. The van der Waals surface area contributed by atoms with Crippen LogP contribution in [0.5, 0.6) is 0 Å². The van der Waals surface area contributed by atoms with Crippen LogP contribution in [-0.4, -0.2) is 34.5 Å². The van der Waals surface area contributed by atoms with Gasteiger partial charge in [0, 0.05) is 11.4 Å². The lowest BCUT2D eigenvalue weighted by Gasteiger charge is -2.31. The molecule has 2 aliphatic rings. The van der Waals surface area contributed by atoms with Gasteiger partial charge in [-0.3, -0.25) is 9.59 Å². The molecule has 28 heavy (non-hydrogen) atoms. The molecule has 4 rings (SSSR count). The first-order chi connectivity index (χ1) is 13.6. The number of carbonyl (C=O) groups excluding carboxylic acids is 2. The molecule has 2 aromatic rings. The van der Waals surface area contributed by atoms with Gasteiger partial charge in [0.2, 0.25) is 5.91 Å². The molecule has 1 aliphatic heterocycles. The minimum atomic E-state index is -0.793. The molecule has 146 valence electrons. The van der Waals surface area contributed by atoms with E-state index in [1.807, 2.05) is 37.3 Å². The largest absolute Gasteiger partial charge is 0.356 e. The van der Waals surface area contributed by atoms with E-state index in [0.29, 0.717) is 5.82 Å². The van der Waals surface area contributed by atoms with Crippen LogP contribution in [0, 0.1) is 6.92 Å². The molecule has 0 bridgehead atoms. The Kier molecular flexibility index (Phi) is 5.34. The normalized spacial score (nSPS) is 21.5. The van der Waals surface area contributed by atoms with E-state index < -0.39 is 12.1 Å². The molecule has 1 aromatic carbocycles. The molecule has 0 saturated carbocycles. The molecule has 0 radical (unpaired) electrons. The maximum absolute atomic E-state index is 12.8. The van der Waals surface area contributed by atoms with Crippen molar-refractivity contribution in [2.75, 3.05) is 6.61 Å². The number of nitrogens with one attached hydrogen (secondary N) is 2. The summed E-state index contributed by atoms with van der Waals surface area (Å²) in [6.45, 7) is 2.11. The molecule has 1 aromatic heterocycles. The molecule has 0 spiro atoms. The molecule has 0 unspecified atom stereocenters. The summed E-state index contributed by atoms with van der Waals surface area (Å²) in [7, 11) is 0. The lowest BCUT2D eigenvalue weighted by atomic mass is 9.95. The molecule has 1 aliphatic carbocycles. The summed E-state index contributed by atoms with van der Waals surface area (Å²) >= 11 is 0. The minimum Gasteiger partial charge on any atom is -0.356 e. The quantitative estimate of drug-likeness (QED) is 0.839. The van der Waals surface area contributed by atoms with Gasteiger partial charge in [-0.2, -0.15) is 0 Å². The van der Waals surface area contributed by atoms with E-state index in [1.54, 1.807) is 0 Å². The van der Waals surface area contributed by atoms with Crippen LogP contribution in [0.1, 0.15) is 47.2 Å². The third-order valence-electron chi connectivity index (χ3n) is 5.29. The average molecular weight is 380 g/mol. The van der Waals surface area contributed by atoms with Gasteiger partial charge in [0.1, 0.15) is 12.4 Å². The van der Waals surface area contributed by atoms with E-state index in [-0.39, 0.29) is 25.0 Å². The summed E-state index contributed by atoms with van der Waals surface area (Å²) in [5.41, 5.74) is 4.18. The number of fused-ring (bicyclic) bond motifs is 1. The third-order valence-corrected chi connectivity index (χ3v) is 5.29. The fourth-order valence-electron chi connectivity index (χ4n) is 3.89. The highest BCUT2D eigenvalue weighted by Gasteiger charge is 2.36. The van der Waals surface area contributed by atoms with Crippen LogP contribution in [0.4, 0.5) is 0 Å². The number of aryl methyl sites for hydroxylation is 2. The summed E-state index contributed by atoms with van der Waals surface area (Å²) in [5, 5.41) is 5.73. The van der Waals surface area contributed by atoms with Crippen molar-refractivity contribution in [1.29, 1.82) is 0 Å². The monoisotopic (exact) mass is 380 g/mol. The predicted octanol–water partition coefficient (Wildman–Crippen LogP) is 1.54. The van der Waals surface area contributed by atoms with Gasteiger partial charge >= 0.3 is 0 Å². The van der Waals surface area contributed by atoms with Crippen molar-refractivity contribution in [3.8, 4) is 0 Å². The van der Waals surface area contributed by atoms with Crippen LogP contribution in [0.25, 0.3) is 0 Å². The zero-order valence-corrected chi connectivity index (χ0v) is 15.9. The molecule has 2 heterocycles. The van der Waals surface area contributed by atoms with Crippen molar-refractivity contribution >= 4 is 11.8 Å². The molecule has 2 amide bonds. The third kappa shape index (κ3) is 3.89. The number of amides is 2. The molecule has 7 heteroatoms. The highest BCUT2D eigenvalue weighted by atomic mass is 16.5. The smallest absolute Gasteiger partial charge is 0.252 e. The average Bonchev–Trinajstić information content (AvgIpc) is 2.72. The van der Waals surface area contributed by atoms with E-state index in [2.05, 4.69) is 20.6 Å². The fourth-order valence-corrected chi connectivity index (χ4v) is 3.89. The lowest BCUT2D eigenvalue weighted by molar-refractivity contribution is -0.148. The lowest BCUT2D eigenvalue weighted by Crippen LogP contribution is -2.52.